The van der Waals surface area contributed by atoms with E-state index < -0.39 is 5.97 Å². The first-order chi connectivity index (χ1) is 15.6. The Kier molecular flexibility index (Phi) is 6.25. The van der Waals surface area contributed by atoms with Crippen LogP contribution in [0, 0.1) is 0 Å². The number of anilines is 2. The van der Waals surface area contributed by atoms with E-state index in [9.17, 15) is 9.90 Å². The molecule has 0 aliphatic rings. The molecule has 0 amide bonds. The van der Waals surface area contributed by atoms with Gasteiger partial charge < -0.3 is 15.2 Å². The SMILES string of the molecule is CCOc1ncc(Nc2cc([C@H](CC)CC(=O)O)ccc2-c2ccn3nccc3n2)cn1. The second-order valence-corrected chi connectivity index (χ2v) is 7.27. The molecule has 0 aliphatic carbocycles. The molecular weight excluding hydrogens is 408 g/mol. The maximum absolute atomic E-state index is 11.3. The molecule has 0 spiro atoms. The normalized spacial score (nSPS) is 11.9. The van der Waals surface area contributed by atoms with Crippen LogP contribution < -0.4 is 10.1 Å². The zero-order valence-corrected chi connectivity index (χ0v) is 17.9. The van der Waals surface area contributed by atoms with Crippen molar-refractivity contribution in [3.63, 3.8) is 0 Å². The van der Waals surface area contributed by atoms with Gasteiger partial charge >= 0.3 is 12.0 Å². The van der Waals surface area contributed by atoms with Crippen LogP contribution in [0.4, 0.5) is 11.4 Å². The molecule has 0 saturated carbocycles. The van der Waals surface area contributed by atoms with Crippen molar-refractivity contribution in [1.29, 1.82) is 0 Å². The standard InChI is InChI=1S/C23H24N6O3/c1-3-15(12-22(30)31)16-5-6-18(19-8-10-29-21(28-19)7-9-26-29)20(11-16)27-17-13-24-23(25-14-17)32-4-2/h5-11,13-15,27H,3-4,12H2,1-2H3,(H,30,31)/t15-/m1/s1. The summed E-state index contributed by atoms with van der Waals surface area (Å²) in [4.78, 5) is 24.5. The minimum Gasteiger partial charge on any atom is -0.481 e. The van der Waals surface area contributed by atoms with Gasteiger partial charge in [-0.3, -0.25) is 4.79 Å². The lowest BCUT2D eigenvalue weighted by Crippen LogP contribution is -2.07. The van der Waals surface area contributed by atoms with Crippen molar-refractivity contribution in [3.05, 3.63) is 60.7 Å². The van der Waals surface area contributed by atoms with Gasteiger partial charge in [-0.1, -0.05) is 19.1 Å². The summed E-state index contributed by atoms with van der Waals surface area (Å²) < 4.78 is 7.02. The Morgan fingerprint density at radius 1 is 1.19 bits per heavy atom. The number of nitrogens with one attached hydrogen (secondary N) is 1. The molecule has 9 heteroatoms. The van der Waals surface area contributed by atoms with Crippen LogP contribution in [0.15, 0.2) is 55.1 Å². The van der Waals surface area contributed by atoms with Crippen molar-refractivity contribution in [3.8, 4) is 17.3 Å². The number of hydrogen-bond acceptors (Lipinski definition) is 7. The molecule has 0 unspecified atom stereocenters. The lowest BCUT2D eigenvalue weighted by Gasteiger charge is -2.18. The molecule has 4 rings (SSSR count). The maximum Gasteiger partial charge on any atom is 0.316 e. The van der Waals surface area contributed by atoms with E-state index in [1.165, 1.54) is 0 Å². The van der Waals surface area contributed by atoms with Crippen LogP contribution in [0.25, 0.3) is 16.9 Å². The zero-order valence-electron chi connectivity index (χ0n) is 17.9. The number of carboxylic acids is 1. The number of aliphatic carboxylic acids is 1. The molecule has 0 bridgehead atoms. The first-order valence-electron chi connectivity index (χ1n) is 10.5. The summed E-state index contributed by atoms with van der Waals surface area (Å²) >= 11 is 0. The Hall–Kier alpha value is -4.01. The highest BCUT2D eigenvalue weighted by molar-refractivity contribution is 5.80. The van der Waals surface area contributed by atoms with E-state index >= 15 is 0 Å². The Morgan fingerprint density at radius 2 is 2.00 bits per heavy atom. The molecular formula is C23H24N6O3. The number of benzene rings is 1. The third-order valence-electron chi connectivity index (χ3n) is 5.14. The van der Waals surface area contributed by atoms with E-state index in [2.05, 4.69) is 20.4 Å². The summed E-state index contributed by atoms with van der Waals surface area (Å²) in [6.45, 7) is 4.35. The summed E-state index contributed by atoms with van der Waals surface area (Å²) in [7, 11) is 0. The first kappa shape index (κ1) is 21.2. The van der Waals surface area contributed by atoms with Crippen molar-refractivity contribution in [2.75, 3.05) is 11.9 Å². The van der Waals surface area contributed by atoms with Crippen molar-refractivity contribution in [2.45, 2.75) is 32.6 Å². The summed E-state index contributed by atoms with van der Waals surface area (Å²) in [5, 5.41) is 16.9. The molecule has 0 saturated heterocycles. The van der Waals surface area contributed by atoms with E-state index in [0.29, 0.717) is 18.3 Å². The number of nitrogens with zero attached hydrogens (tertiary/aromatic N) is 5. The molecule has 0 aliphatic heterocycles. The number of hydrogen-bond donors (Lipinski definition) is 2. The van der Waals surface area contributed by atoms with Gasteiger partial charge in [0.05, 0.1) is 43.0 Å². The lowest BCUT2D eigenvalue weighted by molar-refractivity contribution is -0.137. The predicted octanol–water partition coefficient (Wildman–Crippen LogP) is 4.30. The second-order valence-electron chi connectivity index (χ2n) is 7.27. The molecule has 0 fully saturated rings. The molecule has 164 valence electrons. The van der Waals surface area contributed by atoms with E-state index in [-0.39, 0.29) is 12.3 Å². The number of carbonyl (C=O) groups is 1. The van der Waals surface area contributed by atoms with Gasteiger partial charge in [-0.2, -0.15) is 5.10 Å². The monoisotopic (exact) mass is 432 g/mol. The van der Waals surface area contributed by atoms with Crippen LogP contribution >= 0.6 is 0 Å². The van der Waals surface area contributed by atoms with Gasteiger partial charge in [0.15, 0.2) is 5.65 Å². The highest BCUT2D eigenvalue weighted by Crippen LogP contribution is 2.34. The van der Waals surface area contributed by atoms with Crippen LogP contribution in [0.5, 0.6) is 6.01 Å². The van der Waals surface area contributed by atoms with Crippen molar-refractivity contribution >= 4 is 23.0 Å². The Labute approximate surface area is 185 Å². The summed E-state index contributed by atoms with van der Waals surface area (Å²) in [6.07, 6.45) is 7.64. The van der Waals surface area contributed by atoms with Crippen molar-refractivity contribution in [2.24, 2.45) is 0 Å². The van der Waals surface area contributed by atoms with Gasteiger partial charge in [-0.05, 0) is 37.0 Å². The number of rotatable bonds is 9. The Morgan fingerprint density at radius 3 is 2.72 bits per heavy atom. The second kappa shape index (κ2) is 9.42. The fraction of sp³-hybridized carbons (Fsp3) is 0.261. The van der Waals surface area contributed by atoms with Crippen LogP contribution in [0.2, 0.25) is 0 Å². The molecule has 2 N–H and O–H groups in total. The third kappa shape index (κ3) is 4.66. The fourth-order valence-corrected chi connectivity index (χ4v) is 3.55. The van der Waals surface area contributed by atoms with E-state index in [1.807, 2.05) is 50.4 Å². The van der Waals surface area contributed by atoms with Crippen LogP contribution in [-0.2, 0) is 4.79 Å². The molecule has 9 nitrogen and oxygen atoms in total. The highest BCUT2D eigenvalue weighted by atomic mass is 16.5. The Balaban J connectivity index is 1.74. The van der Waals surface area contributed by atoms with Gasteiger partial charge in [-0.15, -0.1) is 0 Å². The fourth-order valence-electron chi connectivity index (χ4n) is 3.55. The lowest BCUT2D eigenvalue weighted by atomic mass is 9.91. The van der Waals surface area contributed by atoms with Crippen molar-refractivity contribution < 1.29 is 14.6 Å². The highest BCUT2D eigenvalue weighted by Gasteiger charge is 2.17. The largest absolute Gasteiger partial charge is 0.481 e. The average molecular weight is 432 g/mol. The Bertz CT molecular complexity index is 1220. The molecule has 1 atom stereocenters. The minimum atomic E-state index is -0.816. The number of carboxylic acid groups (broad SMARTS) is 1. The molecule has 32 heavy (non-hydrogen) atoms. The van der Waals surface area contributed by atoms with Gasteiger partial charge in [-0.25, -0.2) is 19.5 Å². The van der Waals surface area contributed by atoms with E-state index in [4.69, 9.17) is 9.72 Å². The van der Waals surface area contributed by atoms with E-state index in [1.54, 1.807) is 23.1 Å². The number of ether oxygens (including phenoxy) is 1. The van der Waals surface area contributed by atoms with Crippen LogP contribution in [0.1, 0.15) is 38.2 Å². The maximum atomic E-state index is 11.3. The van der Waals surface area contributed by atoms with Gasteiger partial charge in [0, 0.05) is 23.5 Å². The van der Waals surface area contributed by atoms with Crippen LogP contribution in [-0.4, -0.2) is 42.2 Å². The molecule has 1 aromatic carbocycles. The van der Waals surface area contributed by atoms with Crippen molar-refractivity contribution in [1.82, 2.24) is 24.6 Å². The average Bonchev–Trinajstić information content (AvgIpc) is 3.27. The smallest absolute Gasteiger partial charge is 0.316 e. The number of fused-ring (bicyclic) bond motifs is 1. The molecule has 3 aromatic heterocycles. The van der Waals surface area contributed by atoms with Gasteiger partial charge in [0.2, 0.25) is 0 Å². The van der Waals surface area contributed by atoms with E-state index in [0.717, 1.165) is 34.6 Å². The van der Waals surface area contributed by atoms with Gasteiger partial charge in [0.25, 0.3) is 0 Å². The number of aromatic nitrogens is 5. The molecule has 4 aromatic rings. The third-order valence-corrected chi connectivity index (χ3v) is 5.14. The summed E-state index contributed by atoms with van der Waals surface area (Å²) in [5.74, 6) is -0.910. The minimum absolute atomic E-state index is 0.0709. The van der Waals surface area contributed by atoms with Crippen LogP contribution in [0.3, 0.4) is 0 Å². The molecule has 3 heterocycles. The predicted molar refractivity (Wildman–Crippen MR) is 120 cm³/mol. The summed E-state index contributed by atoms with van der Waals surface area (Å²) in [6, 6.07) is 9.95. The summed E-state index contributed by atoms with van der Waals surface area (Å²) in [5.41, 5.74) is 4.79. The first-order valence-corrected chi connectivity index (χ1v) is 10.5. The zero-order chi connectivity index (χ0) is 22.5. The molecule has 0 radical (unpaired) electrons. The quantitative estimate of drug-likeness (QED) is 0.402. The van der Waals surface area contributed by atoms with Gasteiger partial charge in [0.1, 0.15) is 0 Å². The topological polar surface area (TPSA) is 115 Å².